The molecule has 0 radical (unpaired) electrons. The zero-order valence-corrected chi connectivity index (χ0v) is 14.2. The van der Waals surface area contributed by atoms with E-state index in [0.717, 1.165) is 23.9 Å². The molecule has 0 aromatic carbocycles. The Morgan fingerprint density at radius 2 is 1.52 bits per heavy atom. The van der Waals surface area contributed by atoms with Crippen molar-refractivity contribution in [3.05, 3.63) is 0 Å². The third kappa shape index (κ3) is 4.22. The molecular formula is C19H36N2. The van der Waals surface area contributed by atoms with Crippen molar-refractivity contribution < 1.29 is 0 Å². The van der Waals surface area contributed by atoms with Gasteiger partial charge in [0, 0.05) is 18.6 Å². The summed E-state index contributed by atoms with van der Waals surface area (Å²) in [5.41, 5.74) is 0. The molecule has 2 heteroatoms. The Bertz CT molecular complexity index is 292. The molecule has 3 atom stereocenters. The first-order chi connectivity index (χ1) is 10.3. The minimum Gasteiger partial charge on any atom is -0.312 e. The van der Waals surface area contributed by atoms with E-state index in [1.807, 2.05) is 0 Å². The lowest BCUT2D eigenvalue weighted by atomic mass is 9.71. The van der Waals surface area contributed by atoms with Gasteiger partial charge in [-0.1, -0.05) is 44.9 Å². The number of nitrogens with one attached hydrogen (secondary N) is 1. The van der Waals surface area contributed by atoms with Crippen LogP contribution in [0.3, 0.4) is 0 Å². The third-order valence-electron chi connectivity index (χ3n) is 6.51. The summed E-state index contributed by atoms with van der Waals surface area (Å²) in [6, 6.07) is 1.56. The minimum atomic E-state index is 0.737. The zero-order chi connectivity index (χ0) is 14.5. The van der Waals surface area contributed by atoms with Crippen LogP contribution in [0.4, 0.5) is 0 Å². The van der Waals surface area contributed by atoms with Gasteiger partial charge in [0.2, 0.25) is 0 Å². The molecule has 122 valence electrons. The van der Waals surface area contributed by atoms with Crippen LogP contribution in [0.2, 0.25) is 0 Å². The molecule has 1 N–H and O–H groups in total. The van der Waals surface area contributed by atoms with E-state index in [1.54, 1.807) is 0 Å². The maximum Gasteiger partial charge on any atom is 0.0192 e. The van der Waals surface area contributed by atoms with Crippen molar-refractivity contribution in [3.63, 3.8) is 0 Å². The van der Waals surface area contributed by atoms with Crippen LogP contribution in [-0.4, -0.2) is 36.6 Å². The summed E-state index contributed by atoms with van der Waals surface area (Å²) in [5.74, 6) is 2.03. The van der Waals surface area contributed by atoms with Crippen LogP contribution in [0.1, 0.15) is 77.6 Å². The second kappa shape index (κ2) is 7.97. The summed E-state index contributed by atoms with van der Waals surface area (Å²) in [6.45, 7) is 6.31. The van der Waals surface area contributed by atoms with E-state index in [2.05, 4.69) is 17.1 Å². The number of rotatable bonds is 5. The predicted molar refractivity (Wildman–Crippen MR) is 90.6 cm³/mol. The first kappa shape index (κ1) is 15.8. The summed E-state index contributed by atoms with van der Waals surface area (Å²) in [4.78, 5) is 2.69. The second-order valence-electron chi connectivity index (χ2n) is 7.95. The lowest BCUT2D eigenvalue weighted by Gasteiger charge is -2.40. The molecule has 2 saturated carbocycles. The first-order valence-electron chi connectivity index (χ1n) is 9.82. The molecule has 0 amide bonds. The fourth-order valence-corrected chi connectivity index (χ4v) is 5.17. The van der Waals surface area contributed by atoms with Crippen molar-refractivity contribution in [3.8, 4) is 0 Å². The van der Waals surface area contributed by atoms with Gasteiger partial charge >= 0.3 is 0 Å². The van der Waals surface area contributed by atoms with Crippen LogP contribution in [0.25, 0.3) is 0 Å². The highest BCUT2D eigenvalue weighted by molar-refractivity contribution is 4.88. The molecule has 3 fully saturated rings. The summed E-state index contributed by atoms with van der Waals surface area (Å²) < 4.78 is 0. The van der Waals surface area contributed by atoms with Crippen molar-refractivity contribution in [2.24, 2.45) is 11.8 Å². The Kier molecular flexibility index (Phi) is 5.99. The molecule has 2 aliphatic carbocycles. The summed E-state index contributed by atoms with van der Waals surface area (Å²) in [6.07, 6.45) is 16.2. The lowest BCUT2D eigenvalue weighted by Crippen LogP contribution is -2.47. The molecule has 3 unspecified atom stereocenters. The zero-order valence-electron chi connectivity index (χ0n) is 14.2. The van der Waals surface area contributed by atoms with Gasteiger partial charge in [-0.25, -0.2) is 0 Å². The fourth-order valence-electron chi connectivity index (χ4n) is 5.17. The Labute approximate surface area is 132 Å². The topological polar surface area (TPSA) is 15.3 Å². The molecule has 1 saturated heterocycles. The van der Waals surface area contributed by atoms with E-state index in [9.17, 15) is 0 Å². The van der Waals surface area contributed by atoms with Crippen LogP contribution >= 0.6 is 0 Å². The largest absolute Gasteiger partial charge is 0.312 e. The van der Waals surface area contributed by atoms with E-state index in [1.165, 1.54) is 90.3 Å². The Balaban J connectivity index is 1.49. The monoisotopic (exact) mass is 292 g/mol. The molecule has 3 aliphatic rings. The van der Waals surface area contributed by atoms with Crippen molar-refractivity contribution >= 4 is 0 Å². The SMILES string of the molecule is CC(CNC1CCCCC1C1CCCCC1)N1CCCC1. The molecule has 0 aromatic heterocycles. The smallest absolute Gasteiger partial charge is 0.0192 e. The molecule has 1 heterocycles. The predicted octanol–water partition coefficient (Wildman–Crippen LogP) is 4.20. The highest BCUT2D eigenvalue weighted by atomic mass is 15.2. The Morgan fingerprint density at radius 3 is 2.29 bits per heavy atom. The second-order valence-corrected chi connectivity index (χ2v) is 7.95. The standard InChI is InChI=1S/C19H36N2/c1-16(21-13-7-8-14-21)15-20-19-12-6-5-11-18(19)17-9-3-2-4-10-17/h16-20H,2-15H2,1H3. The minimum absolute atomic E-state index is 0.737. The fraction of sp³-hybridized carbons (Fsp3) is 1.00. The van der Waals surface area contributed by atoms with Gasteiger partial charge in [0.1, 0.15) is 0 Å². The summed E-state index contributed by atoms with van der Waals surface area (Å²) in [7, 11) is 0. The molecule has 3 rings (SSSR count). The van der Waals surface area contributed by atoms with Crippen molar-refractivity contribution in [2.45, 2.75) is 89.6 Å². The van der Waals surface area contributed by atoms with E-state index in [-0.39, 0.29) is 0 Å². The van der Waals surface area contributed by atoms with Crippen LogP contribution in [0.15, 0.2) is 0 Å². The molecule has 2 nitrogen and oxygen atoms in total. The molecule has 0 spiro atoms. The van der Waals surface area contributed by atoms with Gasteiger partial charge in [-0.2, -0.15) is 0 Å². The number of likely N-dealkylation sites (tertiary alicyclic amines) is 1. The van der Waals surface area contributed by atoms with Crippen LogP contribution in [0.5, 0.6) is 0 Å². The van der Waals surface area contributed by atoms with Gasteiger partial charge < -0.3 is 5.32 Å². The first-order valence-corrected chi connectivity index (χ1v) is 9.82. The van der Waals surface area contributed by atoms with Crippen molar-refractivity contribution in [1.82, 2.24) is 10.2 Å². The van der Waals surface area contributed by atoms with Crippen molar-refractivity contribution in [1.29, 1.82) is 0 Å². The molecule has 1 aliphatic heterocycles. The number of hydrogen-bond acceptors (Lipinski definition) is 2. The Morgan fingerprint density at radius 1 is 0.857 bits per heavy atom. The van der Waals surface area contributed by atoms with Gasteiger partial charge in [-0.15, -0.1) is 0 Å². The highest BCUT2D eigenvalue weighted by Gasteiger charge is 2.32. The lowest BCUT2D eigenvalue weighted by molar-refractivity contribution is 0.141. The molecule has 0 aromatic rings. The van der Waals surface area contributed by atoms with Gasteiger partial charge in [-0.05, 0) is 57.5 Å². The molecule has 0 bridgehead atoms. The van der Waals surface area contributed by atoms with Crippen LogP contribution < -0.4 is 5.32 Å². The van der Waals surface area contributed by atoms with E-state index >= 15 is 0 Å². The average molecular weight is 293 g/mol. The van der Waals surface area contributed by atoms with Gasteiger partial charge in [0.25, 0.3) is 0 Å². The van der Waals surface area contributed by atoms with Gasteiger partial charge in [0.05, 0.1) is 0 Å². The quantitative estimate of drug-likeness (QED) is 0.817. The van der Waals surface area contributed by atoms with E-state index in [4.69, 9.17) is 0 Å². The summed E-state index contributed by atoms with van der Waals surface area (Å²) >= 11 is 0. The number of nitrogens with zero attached hydrogens (tertiary/aromatic N) is 1. The normalized spacial score (nSPS) is 34.1. The highest BCUT2D eigenvalue weighted by Crippen LogP contribution is 2.38. The average Bonchev–Trinajstić information content (AvgIpc) is 3.08. The third-order valence-corrected chi connectivity index (χ3v) is 6.51. The number of hydrogen-bond donors (Lipinski definition) is 1. The Hall–Kier alpha value is -0.0800. The van der Waals surface area contributed by atoms with Crippen LogP contribution in [0, 0.1) is 11.8 Å². The molecular weight excluding hydrogens is 256 g/mol. The molecule has 21 heavy (non-hydrogen) atoms. The van der Waals surface area contributed by atoms with Crippen molar-refractivity contribution in [2.75, 3.05) is 19.6 Å². The summed E-state index contributed by atoms with van der Waals surface area (Å²) in [5, 5.41) is 4.00. The maximum atomic E-state index is 4.00. The van der Waals surface area contributed by atoms with E-state index in [0.29, 0.717) is 0 Å². The van der Waals surface area contributed by atoms with Gasteiger partial charge in [0.15, 0.2) is 0 Å². The van der Waals surface area contributed by atoms with Gasteiger partial charge in [-0.3, -0.25) is 4.90 Å². The van der Waals surface area contributed by atoms with E-state index < -0.39 is 0 Å². The van der Waals surface area contributed by atoms with Crippen LogP contribution in [-0.2, 0) is 0 Å². The maximum absolute atomic E-state index is 4.00.